The molecule has 2 N–H and O–H groups in total. The third-order valence-corrected chi connectivity index (χ3v) is 3.21. The molecule has 88 valence electrons. The zero-order valence-corrected chi connectivity index (χ0v) is 9.77. The molecule has 1 fully saturated rings. The number of rotatable bonds is 6. The predicted octanol–water partition coefficient (Wildman–Crippen LogP) is 0.529. The molecule has 0 spiro atoms. The number of carbonyl (C=O) groups is 1. The SMILES string of the molecule is CCC1(C(=O)NCCCOC)CCNC1. The van der Waals surface area contributed by atoms with Gasteiger partial charge in [0, 0.05) is 26.8 Å². The predicted molar refractivity (Wildman–Crippen MR) is 59.7 cm³/mol. The minimum absolute atomic E-state index is 0.160. The van der Waals surface area contributed by atoms with Crippen molar-refractivity contribution < 1.29 is 9.53 Å². The Bertz CT molecular complexity index is 201. The summed E-state index contributed by atoms with van der Waals surface area (Å²) in [6, 6.07) is 0. The van der Waals surface area contributed by atoms with E-state index in [4.69, 9.17) is 4.74 Å². The Labute approximate surface area is 91.8 Å². The van der Waals surface area contributed by atoms with Crippen LogP contribution in [0.15, 0.2) is 0 Å². The van der Waals surface area contributed by atoms with Gasteiger partial charge >= 0.3 is 0 Å². The van der Waals surface area contributed by atoms with Crippen LogP contribution in [-0.2, 0) is 9.53 Å². The molecule has 0 aromatic carbocycles. The van der Waals surface area contributed by atoms with Gasteiger partial charge < -0.3 is 15.4 Å². The largest absolute Gasteiger partial charge is 0.385 e. The van der Waals surface area contributed by atoms with Crippen LogP contribution in [0.3, 0.4) is 0 Å². The minimum Gasteiger partial charge on any atom is -0.385 e. The highest BCUT2D eigenvalue weighted by molar-refractivity contribution is 5.83. The fourth-order valence-electron chi connectivity index (χ4n) is 2.01. The number of hydrogen-bond donors (Lipinski definition) is 2. The third-order valence-electron chi connectivity index (χ3n) is 3.21. The van der Waals surface area contributed by atoms with Crippen LogP contribution in [-0.4, -0.2) is 39.3 Å². The molecule has 4 heteroatoms. The third kappa shape index (κ3) is 3.18. The molecule has 1 rings (SSSR count). The zero-order valence-electron chi connectivity index (χ0n) is 9.77. The first kappa shape index (κ1) is 12.5. The second kappa shape index (κ2) is 6.08. The number of hydrogen-bond acceptors (Lipinski definition) is 3. The molecular formula is C11H22N2O2. The Kier molecular flexibility index (Phi) is 5.05. The van der Waals surface area contributed by atoms with Crippen LogP contribution in [0, 0.1) is 5.41 Å². The molecule has 1 unspecified atom stereocenters. The minimum atomic E-state index is -0.160. The summed E-state index contributed by atoms with van der Waals surface area (Å²) in [5.74, 6) is 0.200. The van der Waals surface area contributed by atoms with E-state index in [1.807, 2.05) is 0 Å². The van der Waals surface area contributed by atoms with Crippen LogP contribution in [0.4, 0.5) is 0 Å². The van der Waals surface area contributed by atoms with Crippen LogP contribution in [0.5, 0.6) is 0 Å². The molecule has 0 aromatic heterocycles. The van der Waals surface area contributed by atoms with E-state index in [1.165, 1.54) is 0 Å². The van der Waals surface area contributed by atoms with Crippen molar-refractivity contribution in [2.45, 2.75) is 26.2 Å². The van der Waals surface area contributed by atoms with Crippen LogP contribution in [0.1, 0.15) is 26.2 Å². The van der Waals surface area contributed by atoms with Crippen molar-refractivity contribution in [1.82, 2.24) is 10.6 Å². The van der Waals surface area contributed by atoms with Crippen LogP contribution < -0.4 is 10.6 Å². The highest BCUT2D eigenvalue weighted by Crippen LogP contribution is 2.29. The van der Waals surface area contributed by atoms with Gasteiger partial charge in [0.05, 0.1) is 5.41 Å². The maximum Gasteiger partial charge on any atom is 0.227 e. The van der Waals surface area contributed by atoms with E-state index in [1.54, 1.807) is 7.11 Å². The van der Waals surface area contributed by atoms with Crippen molar-refractivity contribution in [2.75, 3.05) is 33.4 Å². The molecule has 0 bridgehead atoms. The zero-order chi connectivity index (χ0) is 11.1. The summed E-state index contributed by atoms with van der Waals surface area (Å²) in [5, 5.41) is 6.25. The summed E-state index contributed by atoms with van der Waals surface area (Å²) in [4.78, 5) is 12.0. The van der Waals surface area contributed by atoms with Crippen LogP contribution >= 0.6 is 0 Å². The molecule has 1 atom stereocenters. The van der Waals surface area contributed by atoms with Gasteiger partial charge in [-0.15, -0.1) is 0 Å². The molecular weight excluding hydrogens is 192 g/mol. The Morgan fingerprint density at radius 1 is 1.60 bits per heavy atom. The Morgan fingerprint density at radius 2 is 2.40 bits per heavy atom. The lowest BCUT2D eigenvalue weighted by Gasteiger charge is -2.25. The number of ether oxygens (including phenoxy) is 1. The average Bonchev–Trinajstić information content (AvgIpc) is 2.74. The van der Waals surface area contributed by atoms with E-state index in [2.05, 4.69) is 17.6 Å². The summed E-state index contributed by atoms with van der Waals surface area (Å²) in [6.07, 6.45) is 2.76. The smallest absolute Gasteiger partial charge is 0.227 e. The highest BCUT2D eigenvalue weighted by atomic mass is 16.5. The molecule has 1 amide bonds. The first-order valence-corrected chi connectivity index (χ1v) is 5.73. The molecule has 0 aliphatic carbocycles. The Hall–Kier alpha value is -0.610. The van der Waals surface area contributed by atoms with E-state index in [0.717, 1.165) is 32.4 Å². The van der Waals surface area contributed by atoms with Gasteiger partial charge in [0.25, 0.3) is 0 Å². The quantitative estimate of drug-likeness (QED) is 0.634. The first-order valence-electron chi connectivity index (χ1n) is 5.73. The van der Waals surface area contributed by atoms with Gasteiger partial charge in [-0.1, -0.05) is 6.92 Å². The second-order valence-electron chi connectivity index (χ2n) is 4.16. The maximum atomic E-state index is 12.0. The Morgan fingerprint density at radius 3 is 2.93 bits per heavy atom. The number of nitrogens with one attached hydrogen (secondary N) is 2. The molecule has 0 saturated carbocycles. The molecule has 1 aliphatic rings. The monoisotopic (exact) mass is 214 g/mol. The lowest BCUT2D eigenvalue weighted by atomic mass is 9.83. The summed E-state index contributed by atoms with van der Waals surface area (Å²) in [6.45, 7) is 5.28. The standard InChI is InChI=1S/C11H22N2O2/c1-3-11(5-7-12-9-11)10(14)13-6-4-8-15-2/h12H,3-9H2,1-2H3,(H,13,14). The molecule has 1 heterocycles. The fourth-order valence-corrected chi connectivity index (χ4v) is 2.01. The molecule has 0 aromatic rings. The van der Waals surface area contributed by atoms with Gasteiger partial charge in [0.2, 0.25) is 5.91 Å². The normalized spacial score (nSPS) is 25.5. The molecule has 15 heavy (non-hydrogen) atoms. The van der Waals surface area contributed by atoms with E-state index >= 15 is 0 Å². The van der Waals surface area contributed by atoms with Crippen molar-refractivity contribution in [3.63, 3.8) is 0 Å². The van der Waals surface area contributed by atoms with E-state index < -0.39 is 0 Å². The van der Waals surface area contributed by atoms with Gasteiger partial charge in [-0.25, -0.2) is 0 Å². The Balaban J connectivity index is 2.31. The van der Waals surface area contributed by atoms with Crippen LogP contribution in [0.25, 0.3) is 0 Å². The van der Waals surface area contributed by atoms with Gasteiger partial charge in [-0.3, -0.25) is 4.79 Å². The lowest BCUT2D eigenvalue weighted by Crippen LogP contribution is -2.42. The van der Waals surface area contributed by atoms with Crippen molar-refractivity contribution in [1.29, 1.82) is 0 Å². The van der Waals surface area contributed by atoms with E-state index in [-0.39, 0.29) is 11.3 Å². The summed E-state index contributed by atoms with van der Waals surface area (Å²) in [7, 11) is 1.68. The molecule has 1 aliphatic heterocycles. The number of carbonyl (C=O) groups excluding carboxylic acids is 1. The number of methoxy groups -OCH3 is 1. The van der Waals surface area contributed by atoms with E-state index in [9.17, 15) is 4.79 Å². The van der Waals surface area contributed by atoms with Crippen molar-refractivity contribution >= 4 is 5.91 Å². The molecule has 1 saturated heterocycles. The fraction of sp³-hybridized carbons (Fsp3) is 0.909. The number of amides is 1. The van der Waals surface area contributed by atoms with Crippen molar-refractivity contribution in [3.05, 3.63) is 0 Å². The lowest BCUT2D eigenvalue weighted by molar-refractivity contribution is -0.130. The van der Waals surface area contributed by atoms with Gasteiger partial charge in [-0.05, 0) is 25.8 Å². The van der Waals surface area contributed by atoms with Gasteiger partial charge in [0.1, 0.15) is 0 Å². The maximum absolute atomic E-state index is 12.0. The van der Waals surface area contributed by atoms with Gasteiger partial charge in [-0.2, -0.15) is 0 Å². The van der Waals surface area contributed by atoms with Crippen LogP contribution in [0.2, 0.25) is 0 Å². The summed E-state index contributed by atoms with van der Waals surface area (Å²) < 4.78 is 4.94. The molecule has 4 nitrogen and oxygen atoms in total. The summed E-state index contributed by atoms with van der Waals surface area (Å²) in [5.41, 5.74) is -0.160. The van der Waals surface area contributed by atoms with Crippen molar-refractivity contribution in [3.8, 4) is 0 Å². The average molecular weight is 214 g/mol. The highest BCUT2D eigenvalue weighted by Gasteiger charge is 2.38. The first-order chi connectivity index (χ1) is 7.25. The summed E-state index contributed by atoms with van der Waals surface area (Å²) >= 11 is 0. The molecule has 0 radical (unpaired) electrons. The second-order valence-corrected chi connectivity index (χ2v) is 4.16. The topological polar surface area (TPSA) is 50.4 Å². The van der Waals surface area contributed by atoms with Crippen molar-refractivity contribution in [2.24, 2.45) is 5.41 Å². The van der Waals surface area contributed by atoms with Gasteiger partial charge in [0.15, 0.2) is 0 Å². The van der Waals surface area contributed by atoms with E-state index in [0.29, 0.717) is 13.2 Å².